The van der Waals surface area contributed by atoms with Crippen molar-refractivity contribution < 1.29 is 5.11 Å². The molecule has 0 unspecified atom stereocenters. The van der Waals surface area contributed by atoms with Gasteiger partial charge in [-0.1, -0.05) is 6.42 Å². The third kappa shape index (κ3) is 1.28. The fourth-order valence-electron chi connectivity index (χ4n) is 2.39. The quantitative estimate of drug-likeness (QED) is 0.494. The van der Waals surface area contributed by atoms with E-state index in [1.807, 2.05) is 5.01 Å². The first-order valence-corrected chi connectivity index (χ1v) is 4.48. The predicted octanol–water partition coefficient (Wildman–Crippen LogP) is 0.238. The van der Waals surface area contributed by atoms with Crippen molar-refractivity contribution in [2.45, 2.75) is 50.3 Å². The molecule has 0 aliphatic carbocycles. The molecule has 0 spiro atoms. The fourth-order valence-corrected chi connectivity index (χ4v) is 2.39. The molecule has 64 valence electrons. The van der Waals surface area contributed by atoms with Crippen LogP contribution in [0.15, 0.2) is 0 Å². The van der Waals surface area contributed by atoms with E-state index in [-0.39, 0.29) is 6.10 Å². The first-order valence-electron chi connectivity index (χ1n) is 4.48. The van der Waals surface area contributed by atoms with Crippen molar-refractivity contribution in [1.82, 2.24) is 5.01 Å². The topological polar surface area (TPSA) is 49.5 Å². The molecule has 2 heterocycles. The van der Waals surface area contributed by atoms with E-state index in [1.54, 1.807) is 0 Å². The van der Waals surface area contributed by atoms with Crippen molar-refractivity contribution in [3.63, 3.8) is 0 Å². The average molecular weight is 156 g/mol. The van der Waals surface area contributed by atoms with Crippen LogP contribution in [0.2, 0.25) is 0 Å². The van der Waals surface area contributed by atoms with Gasteiger partial charge in [0.1, 0.15) is 0 Å². The van der Waals surface area contributed by atoms with Crippen LogP contribution in [0.3, 0.4) is 0 Å². The van der Waals surface area contributed by atoms with E-state index >= 15 is 0 Å². The summed E-state index contributed by atoms with van der Waals surface area (Å²) in [6.07, 6.45) is 5.30. The summed E-state index contributed by atoms with van der Waals surface area (Å²) < 4.78 is 0. The van der Waals surface area contributed by atoms with Crippen LogP contribution >= 0.6 is 0 Å². The van der Waals surface area contributed by atoms with Crippen molar-refractivity contribution in [2.24, 2.45) is 5.84 Å². The van der Waals surface area contributed by atoms with E-state index in [0.717, 1.165) is 12.8 Å². The first kappa shape index (κ1) is 7.53. The molecule has 0 amide bonds. The summed E-state index contributed by atoms with van der Waals surface area (Å²) in [5, 5.41) is 11.4. The van der Waals surface area contributed by atoms with Crippen molar-refractivity contribution >= 4 is 0 Å². The summed E-state index contributed by atoms with van der Waals surface area (Å²) in [7, 11) is 0. The van der Waals surface area contributed by atoms with Crippen molar-refractivity contribution in [1.29, 1.82) is 0 Å². The Morgan fingerprint density at radius 1 is 1.18 bits per heavy atom. The SMILES string of the molecule is NN1[C@@H]2CCC[C@H]1C[C@H](O)C2. The Kier molecular flexibility index (Phi) is 1.87. The van der Waals surface area contributed by atoms with Gasteiger partial charge in [0.05, 0.1) is 6.10 Å². The molecule has 2 fully saturated rings. The lowest BCUT2D eigenvalue weighted by Gasteiger charge is -2.44. The predicted molar refractivity (Wildman–Crippen MR) is 42.7 cm³/mol. The van der Waals surface area contributed by atoms with Crippen LogP contribution in [0, 0.1) is 0 Å². The van der Waals surface area contributed by atoms with E-state index in [0.29, 0.717) is 12.1 Å². The van der Waals surface area contributed by atoms with E-state index in [9.17, 15) is 5.11 Å². The minimum atomic E-state index is -0.0925. The first-order chi connectivity index (χ1) is 5.27. The number of aliphatic hydroxyl groups excluding tert-OH is 1. The zero-order chi connectivity index (χ0) is 7.84. The largest absolute Gasteiger partial charge is 0.393 e. The summed E-state index contributed by atoms with van der Waals surface area (Å²) in [4.78, 5) is 0. The Morgan fingerprint density at radius 2 is 1.73 bits per heavy atom. The molecule has 11 heavy (non-hydrogen) atoms. The summed E-state index contributed by atoms with van der Waals surface area (Å²) >= 11 is 0. The molecule has 0 radical (unpaired) electrons. The lowest BCUT2D eigenvalue weighted by atomic mass is 9.84. The molecular weight excluding hydrogens is 140 g/mol. The molecule has 0 aromatic heterocycles. The zero-order valence-electron chi connectivity index (χ0n) is 6.74. The molecule has 3 heteroatoms. The van der Waals surface area contributed by atoms with E-state index < -0.39 is 0 Å². The summed E-state index contributed by atoms with van der Waals surface area (Å²) in [5.74, 6) is 5.87. The van der Waals surface area contributed by atoms with Gasteiger partial charge >= 0.3 is 0 Å². The molecule has 0 aromatic rings. The van der Waals surface area contributed by atoms with Crippen LogP contribution in [-0.2, 0) is 0 Å². The van der Waals surface area contributed by atoms with Crippen molar-refractivity contribution in [3.05, 3.63) is 0 Å². The van der Waals surface area contributed by atoms with Gasteiger partial charge in [0.2, 0.25) is 0 Å². The number of piperidine rings is 2. The Labute approximate surface area is 67.1 Å². The molecule has 3 N–H and O–H groups in total. The molecule has 2 rings (SSSR count). The molecule has 3 atom stereocenters. The van der Waals surface area contributed by atoms with Gasteiger partial charge in [-0.2, -0.15) is 0 Å². The summed E-state index contributed by atoms with van der Waals surface area (Å²) in [5.41, 5.74) is 0. The van der Waals surface area contributed by atoms with E-state index in [4.69, 9.17) is 5.84 Å². The van der Waals surface area contributed by atoms with Gasteiger partial charge in [0.25, 0.3) is 0 Å². The molecule has 2 saturated heterocycles. The highest BCUT2D eigenvalue weighted by Gasteiger charge is 2.35. The van der Waals surface area contributed by atoms with Crippen LogP contribution in [0.1, 0.15) is 32.1 Å². The highest BCUT2D eigenvalue weighted by Crippen LogP contribution is 2.31. The standard InChI is InChI=1S/C8H16N2O/c9-10-6-2-1-3-7(10)5-8(11)4-6/h6-8,11H,1-5,9H2/t6-,7+,8-. The van der Waals surface area contributed by atoms with E-state index in [1.165, 1.54) is 19.3 Å². The smallest absolute Gasteiger partial charge is 0.0571 e. The number of nitrogens with zero attached hydrogens (tertiary/aromatic N) is 1. The highest BCUT2D eigenvalue weighted by atomic mass is 16.3. The van der Waals surface area contributed by atoms with Gasteiger partial charge < -0.3 is 5.11 Å². The van der Waals surface area contributed by atoms with Crippen LogP contribution in [0.5, 0.6) is 0 Å². The monoisotopic (exact) mass is 156 g/mol. The highest BCUT2D eigenvalue weighted by molar-refractivity contribution is 4.89. The number of hydrogen-bond donors (Lipinski definition) is 2. The number of hydrazine groups is 1. The summed E-state index contributed by atoms with van der Waals surface area (Å²) in [6.45, 7) is 0. The number of nitrogens with two attached hydrogens (primary N) is 1. The molecule has 2 bridgehead atoms. The van der Waals surface area contributed by atoms with Gasteiger partial charge in [-0.25, -0.2) is 5.01 Å². The van der Waals surface area contributed by atoms with Crippen LogP contribution < -0.4 is 5.84 Å². The Bertz CT molecular complexity index is 137. The zero-order valence-corrected chi connectivity index (χ0v) is 6.74. The Balaban J connectivity index is 2.07. The molecule has 0 aromatic carbocycles. The third-order valence-corrected chi connectivity index (χ3v) is 3.01. The Hall–Kier alpha value is -0.120. The molecule has 3 nitrogen and oxygen atoms in total. The minimum Gasteiger partial charge on any atom is -0.393 e. The van der Waals surface area contributed by atoms with Gasteiger partial charge in [-0.05, 0) is 25.7 Å². The second kappa shape index (κ2) is 2.73. The van der Waals surface area contributed by atoms with Gasteiger partial charge in [0.15, 0.2) is 0 Å². The normalized spacial score (nSPS) is 45.8. The second-order valence-corrected chi connectivity index (χ2v) is 3.81. The molecule has 0 saturated carbocycles. The minimum absolute atomic E-state index is 0.0925. The number of rotatable bonds is 0. The molecule has 2 aliphatic heterocycles. The third-order valence-electron chi connectivity index (χ3n) is 3.01. The maximum Gasteiger partial charge on any atom is 0.0571 e. The van der Waals surface area contributed by atoms with Crippen LogP contribution in [0.4, 0.5) is 0 Å². The Morgan fingerprint density at radius 3 is 2.27 bits per heavy atom. The van der Waals surface area contributed by atoms with Gasteiger partial charge in [0, 0.05) is 12.1 Å². The number of hydrogen-bond acceptors (Lipinski definition) is 3. The van der Waals surface area contributed by atoms with Crippen molar-refractivity contribution in [2.75, 3.05) is 0 Å². The van der Waals surface area contributed by atoms with Crippen LogP contribution in [0.25, 0.3) is 0 Å². The molecular formula is C8H16N2O. The van der Waals surface area contributed by atoms with E-state index in [2.05, 4.69) is 0 Å². The lowest BCUT2D eigenvalue weighted by Crippen LogP contribution is -2.56. The average Bonchev–Trinajstić information content (AvgIpc) is 1.92. The second-order valence-electron chi connectivity index (χ2n) is 3.81. The van der Waals surface area contributed by atoms with Crippen molar-refractivity contribution in [3.8, 4) is 0 Å². The van der Waals surface area contributed by atoms with Gasteiger partial charge in [-0.15, -0.1) is 0 Å². The maximum atomic E-state index is 9.45. The summed E-state index contributed by atoms with van der Waals surface area (Å²) in [6, 6.07) is 0.912. The maximum absolute atomic E-state index is 9.45. The lowest BCUT2D eigenvalue weighted by molar-refractivity contribution is -0.0270. The molecule has 2 aliphatic rings. The fraction of sp³-hybridized carbons (Fsp3) is 1.00. The van der Waals surface area contributed by atoms with Gasteiger partial charge in [-0.3, -0.25) is 5.84 Å². The number of fused-ring (bicyclic) bond motifs is 2. The number of aliphatic hydroxyl groups is 1. The van der Waals surface area contributed by atoms with Crippen LogP contribution in [-0.4, -0.2) is 28.3 Å².